The SMILES string of the molecule is CCNS(=O)(=O)CCNC(=O)c1ccc2cn[nH]c2c1. The first-order valence-electron chi connectivity index (χ1n) is 6.20. The number of hydrogen-bond donors (Lipinski definition) is 3. The van der Waals surface area contributed by atoms with Gasteiger partial charge < -0.3 is 5.32 Å². The van der Waals surface area contributed by atoms with Crippen molar-refractivity contribution in [2.45, 2.75) is 6.92 Å². The van der Waals surface area contributed by atoms with Crippen molar-refractivity contribution in [1.29, 1.82) is 0 Å². The van der Waals surface area contributed by atoms with Gasteiger partial charge in [0.2, 0.25) is 10.0 Å². The Bertz CT molecular complexity index is 708. The molecule has 0 saturated carbocycles. The fourth-order valence-electron chi connectivity index (χ4n) is 1.77. The summed E-state index contributed by atoms with van der Waals surface area (Å²) in [5.74, 6) is -0.452. The number of fused-ring (bicyclic) bond motifs is 1. The van der Waals surface area contributed by atoms with E-state index in [1.54, 1.807) is 31.3 Å². The predicted molar refractivity (Wildman–Crippen MR) is 75.9 cm³/mol. The number of hydrogen-bond acceptors (Lipinski definition) is 4. The van der Waals surface area contributed by atoms with E-state index in [0.29, 0.717) is 12.1 Å². The lowest BCUT2D eigenvalue weighted by molar-refractivity contribution is 0.0956. The lowest BCUT2D eigenvalue weighted by Crippen LogP contribution is -2.34. The van der Waals surface area contributed by atoms with E-state index >= 15 is 0 Å². The van der Waals surface area contributed by atoms with E-state index in [4.69, 9.17) is 0 Å². The molecular formula is C12H16N4O3S. The number of aromatic amines is 1. The molecule has 1 amide bonds. The van der Waals surface area contributed by atoms with Crippen LogP contribution in [0.4, 0.5) is 0 Å². The van der Waals surface area contributed by atoms with E-state index < -0.39 is 10.0 Å². The van der Waals surface area contributed by atoms with Crippen LogP contribution in [0.2, 0.25) is 0 Å². The molecule has 2 rings (SSSR count). The molecule has 0 bridgehead atoms. The third-order valence-corrected chi connectivity index (χ3v) is 4.19. The molecule has 0 fully saturated rings. The molecule has 0 aliphatic heterocycles. The normalized spacial score (nSPS) is 11.7. The Labute approximate surface area is 116 Å². The first-order chi connectivity index (χ1) is 9.52. The molecule has 0 radical (unpaired) electrons. The van der Waals surface area contributed by atoms with Crippen molar-refractivity contribution in [3.8, 4) is 0 Å². The number of aromatic nitrogens is 2. The van der Waals surface area contributed by atoms with Gasteiger partial charge in [-0.15, -0.1) is 0 Å². The Morgan fingerprint density at radius 1 is 1.40 bits per heavy atom. The summed E-state index contributed by atoms with van der Waals surface area (Å²) in [5.41, 5.74) is 1.22. The standard InChI is InChI=1S/C12H16N4O3S/c1-2-15-20(18,19)6-5-13-12(17)9-3-4-10-8-14-16-11(10)7-9/h3-4,7-8,15H,2,5-6H2,1H3,(H,13,17)(H,14,16). The lowest BCUT2D eigenvalue weighted by atomic mass is 10.1. The number of carbonyl (C=O) groups excluding carboxylic acids is 1. The number of nitrogens with zero attached hydrogens (tertiary/aromatic N) is 1. The third-order valence-electron chi connectivity index (χ3n) is 2.72. The van der Waals surface area contributed by atoms with Crippen molar-refractivity contribution in [3.05, 3.63) is 30.0 Å². The Balaban J connectivity index is 1.95. The highest BCUT2D eigenvalue weighted by molar-refractivity contribution is 7.89. The van der Waals surface area contributed by atoms with Gasteiger partial charge in [0.05, 0.1) is 17.5 Å². The largest absolute Gasteiger partial charge is 0.351 e. The highest BCUT2D eigenvalue weighted by atomic mass is 32.2. The molecule has 108 valence electrons. The zero-order chi connectivity index (χ0) is 14.6. The molecule has 1 aromatic carbocycles. The summed E-state index contributed by atoms with van der Waals surface area (Å²) in [7, 11) is -3.32. The van der Waals surface area contributed by atoms with Crippen LogP contribution < -0.4 is 10.0 Å². The van der Waals surface area contributed by atoms with Gasteiger partial charge in [0.1, 0.15) is 0 Å². The zero-order valence-electron chi connectivity index (χ0n) is 11.0. The maximum atomic E-state index is 11.9. The van der Waals surface area contributed by atoms with Gasteiger partial charge in [0, 0.05) is 24.0 Å². The minimum absolute atomic E-state index is 0.0647. The molecule has 0 aliphatic carbocycles. The number of benzene rings is 1. The number of carbonyl (C=O) groups is 1. The molecule has 0 unspecified atom stereocenters. The van der Waals surface area contributed by atoms with Crippen molar-refractivity contribution < 1.29 is 13.2 Å². The average molecular weight is 296 g/mol. The fourth-order valence-corrected chi connectivity index (χ4v) is 2.73. The molecule has 0 atom stereocenters. The van der Waals surface area contributed by atoms with Crippen LogP contribution >= 0.6 is 0 Å². The molecule has 0 spiro atoms. The number of rotatable bonds is 6. The molecule has 20 heavy (non-hydrogen) atoms. The lowest BCUT2D eigenvalue weighted by Gasteiger charge is -2.06. The second-order valence-corrected chi connectivity index (χ2v) is 6.17. The molecule has 2 aromatic rings. The quantitative estimate of drug-likeness (QED) is 0.710. The van der Waals surface area contributed by atoms with Crippen molar-refractivity contribution in [2.24, 2.45) is 0 Å². The molecule has 8 heteroatoms. The summed E-state index contributed by atoms with van der Waals surface area (Å²) in [4.78, 5) is 11.9. The van der Waals surface area contributed by atoms with Gasteiger partial charge in [-0.05, 0) is 12.1 Å². The topological polar surface area (TPSA) is 104 Å². The van der Waals surface area contributed by atoms with E-state index in [1.807, 2.05) is 0 Å². The van der Waals surface area contributed by atoms with Crippen molar-refractivity contribution in [3.63, 3.8) is 0 Å². The van der Waals surface area contributed by atoms with Gasteiger partial charge in [-0.3, -0.25) is 9.89 Å². The first-order valence-corrected chi connectivity index (χ1v) is 7.86. The molecule has 1 heterocycles. The highest BCUT2D eigenvalue weighted by Crippen LogP contribution is 2.12. The van der Waals surface area contributed by atoms with Gasteiger partial charge >= 0.3 is 0 Å². The van der Waals surface area contributed by atoms with Crippen LogP contribution in [0.15, 0.2) is 24.4 Å². The second kappa shape index (κ2) is 6.02. The van der Waals surface area contributed by atoms with E-state index in [0.717, 1.165) is 10.9 Å². The average Bonchev–Trinajstić information content (AvgIpc) is 2.85. The summed E-state index contributed by atoms with van der Waals surface area (Å²) in [6.07, 6.45) is 1.67. The van der Waals surface area contributed by atoms with Crippen LogP contribution in [0.3, 0.4) is 0 Å². The fraction of sp³-hybridized carbons (Fsp3) is 0.333. The molecule has 7 nitrogen and oxygen atoms in total. The van der Waals surface area contributed by atoms with Gasteiger partial charge in [-0.2, -0.15) is 5.10 Å². The molecule has 0 aliphatic rings. The Kier molecular flexibility index (Phi) is 4.35. The van der Waals surface area contributed by atoms with E-state index in [9.17, 15) is 13.2 Å². The van der Waals surface area contributed by atoms with Crippen LogP contribution in [0.1, 0.15) is 17.3 Å². The predicted octanol–water partition coefficient (Wildman–Crippen LogP) is 0.232. The van der Waals surface area contributed by atoms with Crippen LogP contribution in [0.5, 0.6) is 0 Å². The van der Waals surface area contributed by atoms with Crippen LogP contribution in [0, 0.1) is 0 Å². The van der Waals surface area contributed by atoms with Crippen LogP contribution in [-0.2, 0) is 10.0 Å². The van der Waals surface area contributed by atoms with Crippen molar-refractivity contribution in [1.82, 2.24) is 20.2 Å². The summed E-state index contributed by atoms with van der Waals surface area (Å²) in [6, 6.07) is 5.13. The first kappa shape index (κ1) is 14.5. The van der Waals surface area contributed by atoms with Gasteiger partial charge in [0.15, 0.2) is 0 Å². The minimum Gasteiger partial charge on any atom is -0.351 e. The van der Waals surface area contributed by atoms with Crippen molar-refractivity contribution >= 4 is 26.8 Å². The molecular weight excluding hydrogens is 280 g/mol. The van der Waals surface area contributed by atoms with E-state index in [2.05, 4.69) is 20.2 Å². The van der Waals surface area contributed by atoms with Gasteiger partial charge in [0.25, 0.3) is 5.91 Å². The summed E-state index contributed by atoms with van der Waals surface area (Å²) < 4.78 is 25.2. The Morgan fingerprint density at radius 3 is 2.95 bits per heavy atom. The minimum atomic E-state index is -3.32. The monoisotopic (exact) mass is 296 g/mol. The van der Waals surface area contributed by atoms with Crippen LogP contribution in [0.25, 0.3) is 10.9 Å². The number of nitrogens with one attached hydrogen (secondary N) is 3. The zero-order valence-corrected chi connectivity index (χ0v) is 11.8. The van der Waals surface area contributed by atoms with Gasteiger partial charge in [-0.25, -0.2) is 13.1 Å². The van der Waals surface area contributed by atoms with Gasteiger partial charge in [-0.1, -0.05) is 13.0 Å². The maximum absolute atomic E-state index is 11.9. The van der Waals surface area contributed by atoms with E-state index in [-0.39, 0.29) is 18.2 Å². The second-order valence-electron chi connectivity index (χ2n) is 4.24. The summed E-state index contributed by atoms with van der Waals surface area (Å²) in [6.45, 7) is 2.11. The number of sulfonamides is 1. The van der Waals surface area contributed by atoms with Crippen molar-refractivity contribution in [2.75, 3.05) is 18.8 Å². The van der Waals surface area contributed by atoms with Crippen LogP contribution in [-0.4, -0.2) is 43.4 Å². The summed E-state index contributed by atoms with van der Waals surface area (Å²) in [5, 5.41) is 10.1. The Morgan fingerprint density at radius 2 is 2.20 bits per heavy atom. The number of amides is 1. The molecule has 0 saturated heterocycles. The Hall–Kier alpha value is -1.93. The molecule has 1 aromatic heterocycles. The highest BCUT2D eigenvalue weighted by Gasteiger charge is 2.11. The number of H-pyrrole nitrogens is 1. The summed E-state index contributed by atoms with van der Waals surface area (Å²) >= 11 is 0. The maximum Gasteiger partial charge on any atom is 0.251 e. The smallest absolute Gasteiger partial charge is 0.251 e. The van der Waals surface area contributed by atoms with E-state index in [1.165, 1.54) is 0 Å². The molecule has 3 N–H and O–H groups in total. The third kappa shape index (κ3) is 3.55.